The van der Waals surface area contributed by atoms with Gasteiger partial charge in [-0.3, -0.25) is 4.99 Å². The van der Waals surface area contributed by atoms with Gasteiger partial charge in [0.1, 0.15) is 11.4 Å². The number of hydrogen-bond acceptors (Lipinski definition) is 2. The van der Waals surface area contributed by atoms with Crippen molar-refractivity contribution in [2.75, 3.05) is 0 Å². The van der Waals surface area contributed by atoms with Crippen molar-refractivity contribution in [3.63, 3.8) is 0 Å². The van der Waals surface area contributed by atoms with Crippen LogP contribution in [0.15, 0.2) is 59.6 Å². The standard InChI is InChI=1S/C13H11NO.CH4/c15-13-9-5-4-8-12(13)14-10-11-6-2-1-3-7-11;/h1-10,15H;1H4. The SMILES string of the molecule is C.Oc1ccccc1N=Cc1ccccc1. The fraction of sp³-hybridized carbons (Fsp3) is 0.0714. The van der Waals surface area contributed by atoms with E-state index in [1.54, 1.807) is 24.4 Å². The van der Waals surface area contributed by atoms with Crippen LogP contribution in [0.1, 0.15) is 13.0 Å². The number of para-hydroxylation sites is 2. The van der Waals surface area contributed by atoms with Crippen LogP contribution >= 0.6 is 0 Å². The highest BCUT2D eigenvalue weighted by Crippen LogP contribution is 2.24. The van der Waals surface area contributed by atoms with Gasteiger partial charge in [-0.1, -0.05) is 49.9 Å². The molecule has 1 N–H and O–H groups in total. The Kier molecular flexibility index (Phi) is 4.28. The first-order valence-corrected chi connectivity index (χ1v) is 4.73. The van der Waals surface area contributed by atoms with Crippen molar-refractivity contribution < 1.29 is 5.11 Å². The van der Waals surface area contributed by atoms with Crippen LogP contribution in [-0.4, -0.2) is 11.3 Å². The molecule has 0 saturated heterocycles. The summed E-state index contributed by atoms with van der Waals surface area (Å²) in [6, 6.07) is 16.8. The number of hydrogen-bond donors (Lipinski definition) is 1. The largest absolute Gasteiger partial charge is 0.506 e. The smallest absolute Gasteiger partial charge is 0.141 e. The van der Waals surface area contributed by atoms with Crippen LogP contribution in [0.2, 0.25) is 0 Å². The van der Waals surface area contributed by atoms with Gasteiger partial charge in [-0.2, -0.15) is 0 Å². The molecule has 0 aromatic heterocycles. The maximum atomic E-state index is 9.47. The minimum absolute atomic E-state index is 0. The topological polar surface area (TPSA) is 32.6 Å². The number of phenolic OH excluding ortho intramolecular Hbond substituents is 1. The highest BCUT2D eigenvalue weighted by Gasteiger charge is 1.94. The molecule has 0 radical (unpaired) electrons. The molecular formula is C14H15NO. The van der Waals surface area contributed by atoms with Crippen molar-refractivity contribution in [3.8, 4) is 5.75 Å². The zero-order valence-corrected chi connectivity index (χ0v) is 8.17. The van der Waals surface area contributed by atoms with Crippen LogP contribution in [0.4, 0.5) is 5.69 Å². The van der Waals surface area contributed by atoms with E-state index in [2.05, 4.69) is 4.99 Å². The summed E-state index contributed by atoms with van der Waals surface area (Å²) in [4.78, 5) is 4.20. The van der Waals surface area contributed by atoms with Gasteiger partial charge in [-0.05, 0) is 17.7 Å². The molecule has 0 spiro atoms. The molecular weight excluding hydrogens is 198 g/mol. The zero-order chi connectivity index (χ0) is 10.5. The van der Waals surface area contributed by atoms with Gasteiger partial charge in [-0.25, -0.2) is 0 Å². The number of phenols is 1. The lowest BCUT2D eigenvalue weighted by molar-refractivity contribution is 0.477. The quantitative estimate of drug-likeness (QED) is 0.756. The fourth-order valence-electron chi connectivity index (χ4n) is 1.26. The molecule has 0 aliphatic heterocycles. The Hall–Kier alpha value is -2.09. The summed E-state index contributed by atoms with van der Waals surface area (Å²) in [6.07, 6.45) is 1.73. The Labute approximate surface area is 95.9 Å². The van der Waals surface area contributed by atoms with E-state index in [0.717, 1.165) is 5.56 Å². The molecule has 0 fully saturated rings. The minimum Gasteiger partial charge on any atom is -0.506 e. The second kappa shape index (κ2) is 5.71. The summed E-state index contributed by atoms with van der Waals surface area (Å²) >= 11 is 0. The van der Waals surface area contributed by atoms with E-state index in [0.29, 0.717) is 5.69 Å². The second-order valence-electron chi connectivity index (χ2n) is 3.16. The van der Waals surface area contributed by atoms with E-state index >= 15 is 0 Å². The van der Waals surface area contributed by atoms with Crippen molar-refractivity contribution in [1.82, 2.24) is 0 Å². The summed E-state index contributed by atoms with van der Waals surface area (Å²) in [6.45, 7) is 0. The van der Waals surface area contributed by atoms with Gasteiger partial charge in [0.15, 0.2) is 0 Å². The summed E-state index contributed by atoms with van der Waals surface area (Å²) in [5, 5.41) is 9.47. The molecule has 2 rings (SSSR count). The average molecular weight is 213 g/mol. The van der Waals surface area contributed by atoms with E-state index in [4.69, 9.17) is 0 Å². The van der Waals surface area contributed by atoms with Crippen molar-refractivity contribution in [2.45, 2.75) is 7.43 Å². The van der Waals surface area contributed by atoms with Gasteiger partial charge in [0.25, 0.3) is 0 Å². The Morgan fingerprint density at radius 1 is 0.875 bits per heavy atom. The van der Waals surface area contributed by atoms with E-state index in [-0.39, 0.29) is 13.2 Å². The van der Waals surface area contributed by atoms with Crippen molar-refractivity contribution in [3.05, 3.63) is 60.2 Å². The molecule has 16 heavy (non-hydrogen) atoms. The zero-order valence-electron chi connectivity index (χ0n) is 8.17. The molecule has 2 aromatic rings. The van der Waals surface area contributed by atoms with Gasteiger partial charge in [-0.15, -0.1) is 0 Å². The monoisotopic (exact) mass is 213 g/mol. The molecule has 2 heteroatoms. The molecule has 2 aromatic carbocycles. The molecule has 0 atom stereocenters. The van der Waals surface area contributed by atoms with Gasteiger partial charge < -0.3 is 5.11 Å². The van der Waals surface area contributed by atoms with E-state index in [1.165, 1.54) is 0 Å². The summed E-state index contributed by atoms with van der Waals surface area (Å²) in [5.74, 6) is 0.199. The average Bonchev–Trinajstić information content (AvgIpc) is 2.29. The number of rotatable bonds is 2. The van der Waals surface area contributed by atoms with Crippen LogP contribution in [0.25, 0.3) is 0 Å². The first-order chi connectivity index (χ1) is 7.36. The number of aliphatic imine (C=N–C) groups is 1. The van der Waals surface area contributed by atoms with E-state index < -0.39 is 0 Å². The molecule has 0 amide bonds. The lowest BCUT2D eigenvalue weighted by Crippen LogP contribution is -1.77. The van der Waals surface area contributed by atoms with Gasteiger partial charge in [0.2, 0.25) is 0 Å². The van der Waals surface area contributed by atoms with Crippen LogP contribution in [0.3, 0.4) is 0 Å². The molecule has 0 bridgehead atoms. The van der Waals surface area contributed by atoms with Gasteiger partial charge in [0.05, 0.1) is 0 Å². The fourth-order valence-corrected chi connectivity index (χ4v) is 1.26. The molecule has 2 nitrogen and oxygen atoms in total. The van der Waals surface area contributed by atoms with Gasteiger partial charge >= 0.3 is 0 Å². The minimum atomic E-state index is 0. The van der Waals surface area contributed by atoms with Crippen molar-refractivity contribution >= 4 is 11.9 Å². The number of nitrogens with zero attached hydrogens (tertiary/aromatic N) is 1. The summed E-state index contributed by atoms with van der Waals surface area (Å²) < 4.78 is 0. The van der Waals surface area contributed by atoms with Crippen LogP contribution in [0, 0.1) is 0 Å². The second-order valence-corrected chi connectivity index (χ2v) is 3.16. The van der Waals surface area contributed by atoms with Crippen LogP contribution in [0.5, 0.6) is 5.75 Å². The van der Waals surface area contributed by atoms with E-state index in [9.17, 15) is 5.11 Å². The summed E-state index contributed by atoms with van der Waals surface area (Å²) in [7, 11) is 0. The molecule has 0 unspecified atom stereocenters. The Morgan fingerprint density at radius 3 is 2.19 bits per heavy atom. The maximum absolute atomic E-state index is 9.47. The first kappa shape index (κ1) is 12.0. The Morgan fingerprint density at radius 2 is 1.50 bits per heavy atom. The van der Waals surface area contributed by atoms with Crippen LogP contribution < -0.4 is 0 Å². The van der Waals surface area contributed by atoms with E-state index in [1.807, 2.05) is 36.4 Å². The third-order valence-electron chi connectivity index (χ3n) is 2.03. The number of aromatic hydroxyl groups is 1. The van der Waals surface area contributed by atoms with Crippen molar-refractivity contribution in [1.29, 1.82) is 0 Å². The third-order valence-corrected chi connectivity index (χ3v) is 2.03. The lowest BCUT2D eigenvalue weighted by Gasteiger charge is -1.96. The highest BCUT2D eigenvalue weighted by molar-refractivity contribution is 5.82. The Balaban J connectivity index is 0.00000128. The molecule has 0 saturated carbocycles. The van der Waals surface area contributed by atoms with Crippen molar-refractivity contribution in [2.24, 2.45) is 4.99 Å². The third kappa shape index (κ3) is 2.95. The normalized spacial score (nSPS) is 10.0. The summed E-state index contributed by atoms with van der Waals surface area (Å²) in [5.41, 5.74) is 1.60. The molecule has 0 aliphatic carbocycles. The predicted octanol–water partition coefficient (Wildman–Crippen LogP) is 3.78. The maximum Gasteiger partial charge on any atom is 0.141 e. The predicted molar refractivity (Wildman–Crippen MR) is 68.5 cm³/mol. The molecule has 82 valence electrons. The molecule has 0 heterocycles. The van der Waals surface area contributed by atoms with Gasteiger partial charge in [0, 0.05) is 6.21 Å². The first-order valence-electron chi connectivity index (χ1n) is 4.73. The van der Waals surface area contributed by atoms with Crippen LogP contribution in [-0.2, 0) is 0 Å². The highest BCUT2D eigenvalue weighted by atomic mass is 16.3. The number of benzene rings is 2. The molecule has 0 aliphatic rings. The lowest BCUT2D eigenvalue weighted by atomic mass is 10.2. The Bertz CT molecular complexity index is 463.